The van der Waals surface area contributed by atoms with Gasteiger partial charge in [-0.1, -0.05) is 23.8 Å². The summed E-state index contributed by atoms with van der Waals surface area (Å²) in [6.45, 7) is 4.27. The second-order valence-electron chi connectivity index (χ2n) is 3.73. The van der Waals surface area contributed by atoms with Gasteiger partial charge in [0.2, 0.25) is 0 Å². The van der Waals surface area contributed by atoms with Crippen LogP contribution in [0.3, 0.4) is 0 Å². The number of nitrogens with two attached hydrogens (primary N) is 1. The third-order valence-corrected chi connectivity index (χ3v) is 3.32. The zero-order chi connectivity index (χ0) is 11.6. The number of hydrogen-bond donors (Lipinski definition) is 1. The summed E-state index contributed by atoms with van der Waals surface area (Å²) >= 11 is 0. The van der Waals surface area contributed by atoms with Crippen LogP contribution < -0.4 is 5.14 Å². The summed E-state index contributed by atoms with van der Waals surface area (Å²) in [5, 5.41) is 5.00. The molecule has 1 aromatic carbocycles. The van der Waals surface area contributed by atoms with Gasteiger partial charge in [0.05, 0.1) is 0 Å². The Balaban J connectivity index is 2.91. The van der Waals surface area contributed by atoms with Gasteiger partial charge in [0.25, 0.3) is 10.2 Å². The van der Waals surface area contributed by atoms with E-state index in [-0.39, 0.29) is 0 Å². The fraction of sp³-hybridized carbons (Fsp3) is 0.400. The van der Waals surface area contributed by atoms with E-state index in [1.54, 1.807) is 0 Å². The predicted molar refractivity (Wildman–Crippen MR) is 60.5 cm³/mol. The molecule has 1 aromatic rings. The Labute approximate surface area is 90.9 Å². The molecule has 0 fully saturated rings. The van der Waals surface area contributed by atoms with Gasteiger partial charge in [-0.2, -0.15) is 12.7 Å². The lowest BCUT2D eigenvalue weighted by molar-refractivity contribution is 0.467. The van der Waals surface area contributed by atoms with Crippen molar-refractivity contribution < 1.29 is 8.42 Å². The van der Waals surface area contributed by atoms with Crippen LogP contribution in [0.25, 0.3) is 0 Å². The second kappa shape index (κ2) is 4.30. The first-order chi connectivity index (χ1) is 6.80. The molecule has 0 radical (unpaired) electrons. The van der Waals surface area contributed by atoms with E-state index in [1.165, 1.54) is 7.05 Å². The maximum Gasteiger partial charge on any atom is 0.276 e. The largest absolute Gasteiger partial charge is 0.276 e. The smallest absolute Gasteiger partial charge is 0.216 e. The van der Waals surface area contributed by atoms with Gasteiger partial charge in [-0.3, -0.25) is 0 Å². The molecule has 0 saturated carbocycles. The van der Waals surface area contributed by atoms with Crippen molar-refractivity contribution in [3.63, 3.8) is 0 Å². The van der Waals surface area contributed by atoms with Crippen molar-refractivity contribution in [1.29, 1.82) is 0 Å². The Morgan fingerprint density at radius 3 is 2.40 bits per heavy atom. The van der Waals surface area contributed by atoms with Crippen LogP contribution >= 0.6 is 0 Å². The summed E-state index contributed by atoms with van der Waals surface area (Å²) in [6, 6.07) is 5.90. The summed E-state index contributed by atoms with van der Waals surface area (Å²) in [7, 11) is -2.13. The molecule has 4 nitrogen and oxygen atoms in total. The number of benzene rings is 1. The van der Waals surface area contributed by atoms with E-state index in [2.05, 4.69) is 0 Å². The molecule has 0 saturated heterocycles. The minimum absolute atomic E-state index is 0.310. The van der Waals surface area contributed by atoms with Crippen LogP contribution in [0.1, 0.15) is 16.7 Å². The molecular formula is C10H16N2O2S. The van der Waals surface area contributed by atoms with Gasteiger partial charge in [0.1, 0.15) is 0 Å². The molecule has 0 spiro atoms. The zero-order valence-corrected chi connectivity index (χ0v) is 10.0. The van der Waals surface area contributed by atoms with Crippen LogP contribution in [0.15, 0.2) is 18.2 Å². The highest BCUT2D eigenvalue weighted by Crippen LogP contribution is 2.13. The lowest BCUT2D eigenvalue weighted by Gasteiger charge is -2.15. The normalized spacial score (nSPS) is 12.1. The lowest BCUT2D eigenvalue weighted by atomic mass is 10.1. The highest BCUT2D eigenvalue weighted by Gasteiger charge is 2.12. The van der Waals surface area contributed by atoms with Gasteiger partial charge in [-0.25, -0.2) is 5.14 Å². The lowest BCUT2D eigenvalue weighted by Crippen LogP contribution is -2.32. The number of rotatable bonds is 3. The molecule has 5 heteroatoms. The molecule has 15 heavy (non-hydrogen) atoms. The summed E-state index contributed by atoms with van der Waals surface area (Å²) in [5.41, 5.74) is 3.21. The molecule has 2 N–H and O–H groups in total. The summed E-state index contributed by atoms with van der Waals surface area (Å²) in [5.74, 6) is 0. The molecule has 0 aliphatic carbocycles. The molecule has 0 aliphatic rings. The van der Waals surface area contributed by atoms with Crippen LogP contribution in [0.2, 0.25) is 0 Å². The minimum Gasteiger partial charge on any atom is -0.216 e. The SMILES string of the molecule is Cc1ccc(CN(C)S(N)(=O)=O)c(C)c1. The average molecular weight is 228 g/mol. The van der Waals surface area contributed by atoms with Crippen molar-refractivity contribution >= 4 is 10.2 Å². The fourth-order valence-corrected chi connectivity index (χ4v) is 1.67. The van der Waals surface area contributed by atoms with Crippen molar-refractivity contribution in [2.24, 2.45) is 5.14 Å². The van der Waals surface area contributed by atoms with Crippen molar-refractivity contribution in [3.8, 4) is 0 Å². The third-order valence-electron chi connectivity index (χ3n) is 2.33. The molecule has 84 valence electrons. The Morgan fingerprint density at radius 2 is 1.93 bits per heavy atom. The molecule has 0 heterocycles. The maximum atomic E-state index is 11.0. The Kier molecular flexibility index (Phi) is 3.49. The Hall–Kier alpha value is -0.910. The quantitative estimate of drug-likeness (QED) is 0.836. The van der Waals surface area contributed by atoms with Gasteiger partial charge in [-0.15, -0.1) is 0 Å². The first kappa shape index (κ1) is 12.2. The van der Waals surface area contributed by atoms with E-state index in [1.807, 2.05) is 32.0 Å². The summed E-state index contributed by atoms with van der Waals surface area (Å²) in [6.07, 6.45) is 0. The first-order valence-electron chi connectivity index (χ1n) is 4.61. The molecule has 0 bridgehead atoms. The predicted octanol–water partition coefficient (Wildman–Crippen LogP) is 0.939. The summed E-state index contributed by atoms with van der Waals surface area (Å²) in [4.78, 5) is 0. The third kappa shape index (κ3) is 3.30. The number of nitrogens with zero attached hydrogens (tertiary/aromatic N) is 1. The first-order valence-corrected chi connectivity index (χ1v) is 6.11. The van der Waals surface area contributed by atoms with Gasteiger partial charge in [0.15, 0.2) is 0 Å². The van der Waals surface area contributed by atoms with E-state index < -0.39 is 10.2 Å². The molecule has 1 rings (SSSR count). The van der Waals surface area contributed by atoms with E-state index in [9.17, 15) is 8.42 Å². The molecule has 0 aromatic heterocycles. The van der Waals surface area contributed by atoms with E-state index in [4.69, 9.17) is 5.14 Å². The zero-order valence-electron chi connectivity index (χ0n) is 9.19. The van der Waals surface area contributed by atoms with Crippen LogP contribution in [0, 0.1) is 13.8 Å². The minimum atomic E-state index is -3.59. The topological polar surface area (TPSA) is 63.4 Å². The average Bonchev–Trinajstić information content (AvgIpc) is 2.08. The van der Waals surface area contributed by atoms with E-state index in [0.29, 0.717) is 6.54 Å². The molecular weight excluding hydrogens is 212 g/mol. The molecule has 0 aliphatic heterocycles. The van der Waals surface area contributed by atoms with E-state index >= 15 is 0 Å². The van der Waals surface area contributed by atoms with Gasteiger partial charge in [0, 0.05) is 13.6 Å². The van der Waals surface area contributed by atoms with Crippen LogP contribution in [0.5, 0.6) is 0 Å². The Bertz CT molecular complexity index is 454. The molecule has 0 atom stereocenters. The van der Waals surface area contributed by atoms with Crippen molar-refractivity contribution in [2.75, 3.05) is 7.05 Å². The van der Waals surface area contributed by atoms with Crippen LogP contribution in [-0.4, -0.2) is 19.8 Å². The highest BCUT2D eigenvalue weighted by molar-refractivity contribution is 7.86. The van der Waals surface area contributed by atoms with Gasteiger partial charge < -0.3 is 0 Å². The van der Waals surface area contributed by atoms with Gasteiger partial charge in [-0.05, 0) is 25.0 Å². The van der Waals surface area contributed by atoms with Crippen LogP contribution in [-0.2, 0) is 16.8 Å². The van der Waals surface area contributed by atoms with Crippen molar-refractivity contribution in [1.82, 2.24) is 4.31 Å². The maximum absolute atomic E-state index is 11.0. The number of aryl methyl sites for hydroxylation is 2. The Morgan fingerprint density at radius 1 is 1.33 bits per heavy atom. The molecule has 0 unspecified atom stereocenters. The fourth-order valence-electron chi connectivity index (χ4n) is 1.35. The highest BCUT2D eigenvalue weighted by atomic mass is 32.2. The molecule has 0 amide bonds. The van der Waals surface area contributed by atoms with E-state index in [0.717, 1.165) is 21.0 Å². The van der Waals surface area contributed by atoms with Crippen molar-refractivity contribution in [2.45, 2.75) is 20.4 Å². The standard InChI is InChI=1S/C10H16N2O2S/c1-8-4-5-10(9(2)6-8)7-12(3)15(11,13)14/h4-6H,7H2,1-3H3,(H2,11,13,14). The van der Waals surface area contributed by atoms with Gasteiger partial charge >= 0.3 is 0 Å². The van der Waals surface area contributed by atoms with Crippen LogP contribution in [0.4, 0.5) is 0 Å². The monoisotopic (exact) mass is 228 g/mol. The second-order valence-corrected chi connectivity index (χ2v) is 5.38. The van der Waals surface area contributed by atoms with Crippen molar-refractivity contribution in [3.05, 3.63) is 34.9 Å². The summed E-state index contributed by atoms with van der Waals surface area (Å²) < 4.78 is 23.2. The number of hydrogen-bond acceptors (Lipinski definition) is 2.